The number of anilines is 2. The van der Waals surface area contributed by atoms with Crippen LogP contribution in [0.1, 0.15) is 30.4 Å². The molecule has 6 rings (SSSR count). The van der Waals surface area contributed by atoms with Crippen LogP contribution in [0.3, 0.4) is 0 Å². The lowest BCUT2D eigenvalue weighted by atomic mass is 10.1. The fraction of sp³-hybridized carbons (Fsp3) is 0.273. The van der Waals surface area contributed by atoms with E-state index in [1.807, 2.05) is 24.3 Å². The number of aromatic nitrogens is 3. The molecule has 0 spiro atoms. The molecule has 0 radical (unpaired) electrons. The fourth-order valence-electron chi connectivity index (χ4n) is 3.76. The minimum atomic E-state index is -0.372. The number of carbonyl (C=O) groups excluding carboxylic acids is 2. The van der Waals surface area contributed by atoms with E-state index in [9.17, 15) is 9.59 Å². The third-order valence-corrected chi connectivity index (χ3v) is 5.56. The largest absolute Gasteiger partial charge is 0.454 e. The summed E-state index contributed by atoms with van der Waals surface area (Å²) >= 11 is 0. The average Bonchev–Trinajstić information content (AvgIpc) is 3.16. The lowest BCUT2D eigenvalue weighted by Crippen LogP contribution is -2.19. The summed E-state index contributed by atoms with van der Waals surface area (Å²) in [5.74, 6) is 2.30. The smallest absolute Gasteiger partial charge is 0.254 e. The van der Waals surface area contributed by atoms with Gasteiger partial charge >= 0.3 is 0 Å². The highest BCUT2D eigenvalue weighted by Crippen LogP contribution is 2.33. The Hall–Kier alpha value is -4.08. The highest BCUT2D eigenvalue weighted by atomic mass is 16.7. The van der Waals surface area contributed by atoms with Gasteiger partial charge in [-0.2, -0.15) is 9.61 Å². The summed E-state index contributed by atoms with van der Waals surface area (Å²) in [5.41, 5.74) is 2.71. The van der Waals surface area contributed by atoms with Gasteiger partial charge in [0.05, 0.1) is 12.6 Å². The van der Waals surface area contributed by atoms with Crippen molar-refractivity contribution in [2.75, 3.05) is 17.4 Å². The van der Waals surface area contributed by atoms with Crippen molar-refractivity contribution >= 4 is 35.2 Å². The summed E-state index contributed by atoms with van der Waals surface area (Å²) in [6, 6.07) is 8.17. The van der Waals surface area contributed by atoms with Crippen molar-refractivity contribution in [2.45, 2.75) is 31.8 Å². The van der Waals surface area contributed by atoms with E-state index < -0.39 is 0 Å². The predicted molar refractivity (Wildman–Crippen MR) is 115 cm³/mol. The summed E-state index contributed by atoms with van der Waals surface area (Å²) in [6.45, 7) is 0.786. The van der Waals surface area contributed by atoms with Crippen molar-refractivity contribution in [2.24, 2.45) is 0 Å². The minimum Gasteiger partial charge on any atom is -0.454 e. The third-order valence-electron chi connectivity index (χ3n) is 5.56. The van der Waals surface area contributed by atoms with Crippen LogP contribution in [0.15, 0.2) is 36.0 Å². The maximum atomic E-state index is 12.0. The molecule has 0 unspecified atom stereocenters. The Balaban J connectivity index is 1.32. The van der Waals surface area contributed by atoms with Gasteiger partial charge in [-0.05, 0) is 36.6 Å². The molecule has 4 heterocycles. The van der Waals surface area contributed by atoms with E-state index in [4.69, 9.17) is 14.5 Å². The van der Waals surface area contributed by atoms with Crippen LogP contribution in [0, 0.1) is 0 Å². The number of rotatable bonds is 6. The zero-order valence-corrected chi connectivity index (χ0v) is 17.1. The van der Waals surface area contributed by atoms with Gasteiger partial charge in [-0.3, -0.25) is 14.9 Å². The SMILES string of the molecule is O=C1C/C(=C\c2cnn3c(NC4CC4)cc(NCc4ccc5c(c4)OCO5)nc23)C(=O)N1. The number of carbonyl (C=O) groups is 2. The molecule has 10 heteroatoms. The van der Waals surface area contributed by atoms with Crippen molar-refractivity contribution in [1.82, 2.24) is 19.9 Å². The number of benzene rings is 1. The Labute approximate surface area is 182 Å². The van der Waals surface area contributed by atoms with Crippen molar-refractivity contribution in [3.05, 3.63) is 47.2 Å². The van der Waals surface area contributed by atoms with Crippen molar-refractivity contribution in [1.29, 1.82) is 0 Å². The maximum absolute atomic E-state index is 12.0. The first-order valence-electron chi connectivity index (χ1n) is 10.4. The van der Waals surface area contributed by atoms with E-state index in [2.05, 4.69) is 21.0 Å². The molecule has 2 amide bonds. The number of amides is 2. The molecule has 0 bridgehead atoms. The van der Waals surface area contributed by atoms with Crippen molar-refractivity contribution in [3.8, 4) is 11.5 Å². The van der Waals surface area contributed by atoms with Crippen molar-refractivity contribution < 1.29 is 19.1 Å². The first-order chi connectivity index (χ1) is 15.6. The summed E-state index contributed by atoms with van der Waals surface area (Å²) < 4.78 is 12.5. The molecule has 1 saturated heterocycles. The van der Waals surface area contributed by atoms with Gasteiger partial charge in [-0.25, -0.2) is 4.98 Å². The Morgan fingerprint density at radius 3 is 2.88 bits per heavy atom. The molecule has 32 heavy (non-hydrogen) atoms. The normalized spacial score (nSPS) is 18.4. The molecular weight excluding hydrogens is 412 g/mol. The van der Waals surface area contributed by atoms with Gasteiger partial charge < -0.3 is 20.1 Å². The Morgan fingerprint density at radius 1 is 1.19 bits per heavy atom. The molecular formula is C22H20N6O4. The van der Waals surface area contributed by atoms with Crippen LogP contribution in [0.25, 0.3) is 11.7 Å². The van der Waals surface area contributed by atoms with Crippen LogP contribution >= 0.6 is 0 Å². The quantitative estimate of drug-likeness (QED) is 0.400. The summed E-state index contributed by atoms with van der Waals surface area (Å²) in [7, 11) is 0. The zero-order chi connectivity index (χ0) is 21.7. The molecule has 3 aliphatic rings. The summed E-state index contributed by atoms with van der Waals surface area (Å²) in [4.78, 5) is 28.2. The highest BCUT2D eigenvalue weighted by molar-refractivity contribution is 6.15. The Morgan fingerprint density at radius 2 is 2.06 bits per heavy atom. The second kappa shape index (κ2) is 7.26. The number of nitrogens with zero attached hydrogens (tertiary/aromatic N) is 3. The summed E-state index contributed by atoms with van der Waals surface area (Å²) in [6.07, 6.45) is 5.63. The van der Waals surface area contributed by atoms with E-state index in [0.29, 0.717) is 35.2 Å². The molecule has 2 fully saturated rings. The van der Waals surface area contributed by atoms with E-state index in [1.54, 1.807) is 16.8 Å². The van der Waals surface area contributed by atoms with E-state index in [1.165, 1.54) is 0 Å². The average molecular weight is 432 g/mol. The van der Waals surface area contributed by atoms with Gasteiger partial charge in [0.1, 0.15) is 11.6 Å². The van der Waals surface area contributed by atoms with Gasteiger partial charge in [-0.1, -0.05) is 6.07 Å². The lowest BCUT2D eigenvalue weighted by Gasteiger charge is -2.12. The Kier molecular flexibility index (Phi) is 4.23. The molecule has 162 valence electrons. The van der Waals surface area contributed by atoms with E-state index in [0.717, 1.165) is 35.7 Å². The molecule has 0 atom stereocenters. The molecule has 3 aromatic rings. The Bertz CT molecular complexity index is 1290. The molecule has 1 aliphatic carbocycles. The lowest BCUT2D eigenvalue weighted by molar-refractivity contribution is -0.124. The summed E-state index contributed by atoms with van der Waals surface area (Å²) in [5, 5.41) is 13.6. The molecule has 1 aromatic carbocycles. The topological polar surface area (TPSA) is 119 Å². The van der Waals surface area contributed by atoms with Gasteiger partial charge in [0, 0.05) is 29.8 Å². The van der Waals surface area contributed by atoms with Crippen LogP contribution in [0.5, 0.6) is 11.5 Å². The number of imide groups is 1. The number of ether oxygens (including phenoxy) is 2. The van der Waals surface area contributed by atoms with Crippen LogP contribution in [-0.2, 0) is 16.1 Å². The van der Waals surface area contributed by atoms with Gasteiger partial charge in [-0.15, -0.1) is 0 Å². The van der Waals surface area contributed by atoms with E-state index >= 15 is 0 Å². The van der Waals surface area contributed by atoms with Gasteiger partial charge in [0.15, 0.2) is 17.1 Å². The predicted octanol–water partition coefficient (Wildman–Crippen LogP) is 2.07. The third kappa shape index (κ3) is 3.49. The number of hydrogen-bond acceptors (Lipinski definition) is 8. The van der Waals surface area contributed by atoms with Crippen LogP contribution in [0.2, 0.25) is 0 Å². The first kappa shape index (κ1) is 18.7. The van der Waals surface area contributed by atoms with Crippen LogP contribution in [-0.4, -0.2) is 39.2 Å². The van der Waals surface area contributed by atoms with Crippen LogP contribution < -0.4 is 25.4 Å². The van der Waals surface area contributed by atoms with Gasteiger partial charge in [0.2, 0.25) is 12.7 Å². The first-order valence-corrected chi connectivity index (χ1v) is 10.4. The minimum absolute atomic E-state index is 0.0609. The molecule has 2 aliphatic heterocycles. The standard InChI is InChI=1S/C22H20N6O4/c29-20-7-13(22(30)27-20)6-14-10-24-28-19(25-15-2-3-15)8-18(26-21(14)28)23-9-12-1-4-16-17(5-12)32-11-31-16/h1,4-6,8,10,15,25H,2-3,7,9,11H2,(H,23,26)(H,27,29,30)/b13-6+. The number of fused-ring (bicyclic) bond motifs is 2. The molecule has 2 aromatic heterocycles. The number of nitrogens with one attached hydrogen (secondary N) is 3. The second-order valence-electron chi connectivity index (χ2n) is 8.05. The number of hydrogen-bond donors (Lipinski definition) is 3. The molecule has 10 nitrogen and oxygen atoms in total. The molecule has 3 N–H and O–H groups in total. The second-order valence-corrected chi connectivity index (χ2v) is 8.05. The van der Waals surface area contributed by atoms with E-state index in [-0.39, 0.29) is 25.0 Å². The monoisotopic (exact) mass is 432 g/mol. The maximum Gasteiger partial charge on any atom is 0.254 e. The zero-order valence-electron chi connectivity index (χ0n) is 17.1. The fourth-order valence-corrected chi connectivity index (χ4v) is 3.76. The van der Waals surface area contributed by atoms with Gasteiger partial charge in [0.25, 0.3) is 5.91 Å². The van der Waals surface area contributed by atoms with Crippen LogP contribution in [0.4, 0.5) is 11.6 Å². The highest BCUT2D eigenvalue weighted by Gasteiger charge is 2.26. The van der Waals surface area contributed by atoms with Crippen molar-refractivity contribution in [3.63, 3.8) is 0 Å². The molecule has 1 saturated carbocycles.